The molecule has 1 aliphatic rings. The Bertz CT molecular complexity index is 1730. The van der Waals surface area contributed by atoms with E-state index in [1.807, 2.05) is 6.92 Å². The maximum Gasteiger partial charge on any atom is 0.349 e. The monoisotopic (exact) mass is 774 g/mol. The minimum absolute atomic E-state index is 0.0723. The lowest BCUT2D eigenvalue weighted by molar-refractivity contribution is -0.220. The van der Waals surface area contributed by atoms with Crippen LogP contribution < -0.4 is 15.4 Å². The number of benzene rings is 2. The van der Waals surface area contributed by atoms with E-state index in [9.17, 15) is 38.4 Å². The van der Waals surface area contributed by atoms with E-state index in [1.54, 1.807) is 24.3 Å². The molecule has 2 aromatic carbocycles. The molecule has 54 heavy (non-hydrogen) atoms. The van der Waals surface area contributed by atoms with Crippen molar-refractivity contribution in [3.63, 3.8) is 0 Å². The van der Waals surface area contributed by atoms with Crippen LogP contribution >= 0.6 is 11.8 Å². The van der Waals surface area contributed by atoms with Gasteiger partial charge in [0.25, 0.3) is 11.8 Å². The molecular weight excluding hydrogens is 732 g/mol. The summed E-state index contributed by atoms with van der Waals surface area (Å²) < 4.78 is 38.6. The Morgan fingerprint density at radius 2 is 1.50 bits per heavy atom. The largest absolute Gasteiger partial charge is 0.466 e. The van der Waals surface area contributed by atoms with Gasteiger partial charge in [-0.15, -0.1) is 0 Å². The second-order valence-corrected chi connectivity index (χ2v) is 13.3. The first-order chi connectivity index (χ1) is 25.4. The predicted molar refractivity (Wildman–Crippen MR) is 187 cm³/mol. The number of hydrogen-bond acceptors (Lipinski definition) is 16. The molecule has 0 aliphatic carbocycles. The van der Waals surface area contributed by atoms with Crippen molar-refractivity contribution < 1.29 is 71.5 Å². The molecule has 0 unspecified atom stereocenters. The predicted octanol–water partition coefficient (Wildman–Crippen LogP) is 1.94. The van der Waals surface area contributed by atoms with Crippen molar-refractivity contribution in [1.82, 2.24) is 10.6 Å². The molecule has 0 radical (unpaired) electrons. The normalized spacial score (nSPS) is 20.2. The van der Waals surface area contributed by atoms with Crippen molar-refractivity contribution in [2.24, 2.45) is 0 Å². The van der Waals surface area contributed by atoms with Crippen LogP contribution in [0.5, 0.6) is 5.75 Å². The van der Waals surface area contributed by atoms with Gasteiger partial charge in [0, 0.05) is 45.9 Å². The number of rotatable bonds is 15. The van der Waals surface area contributed by atoms with E-state index >= 15 is 0 Å². The van der Waals surface area contributed by atoms with Gasteiger partial charge in [-0.3, -0.25) is 33.6 Å². The van der Waals surface area contributed by atoms with Gasteiger partial charge in [0.05, 0.1) is 25.3 Å². The Morgan fingerprint density at radius 3 is 2.07 bits per heavy atom. The molecule has 0 bridgehead atoms. The van der Waals surface area contributed by atoms with Crippen LogP contribution in [0.25, 0.3) is 0 Å². The fraction of sp³-hybridized carbons (Fsp3) is 0.444. The van der Waals surface area contributed by atoms with Crippen LogP contribution in [0.4, 0.5) is 0 Å². The highest BCUT2D eigenvalue weighted by molar-refractivity contribution is 8.01. The molecule has 292 valence electrons. The topological polar surface area (TPSA) is 225 Å². The molecule has 0 spiro atoms. The first-order valence-corrected chi connectivity index (χ1v) is 17.3. The van der Waals surface area contributed by atoms with E-state index in [0.29, 0.717) is 4.90 Å². The first kappa shape index (κ1) is 42.9. The zero-order chi connectivity index (χ0) is 40.2. The van der Waals surface area contributed by atoms with Crippen LogP contribution in [0.3, 0.4) is 0 Å². The van der Waals surface area contributed by atoms with Gasteiger partial charge < -0.3 is 43.8 Å². The summed E-state index contributed by atoms with van der Waals surface area (Å²) in [4.78, 5) is 99.8. The Labute approximate surface area is 315 Å². The van der Waals surface area contributed by atoms with Gasteiger partial charge in [0.2, 0.25) is 4.93 Å². The van der Waals surface area contributed by atoms with Crippen molar-refractivity contribution >= 4 is 59.4 Å². The van der Waals surface area contributed by atoms with Crippen molar-refractivity contribution in [3.05, 3.63) is 59.7 Å². The third-order valence-corrected chi connectivity index (χ3v) is 8.83. The minimum Gasteiger partial charge on any atom is -0.466 e. The van der Waals surface area contributed by atoms with Gasteiger partial charge in [-0.1, -0.05) is 41.6 Å². The standard InChI is InChI=1S/C36H42N2O15S/c1-19-12-14-25(15-13-19)54-36(35(46)47-7)16-28(50-22(4)41)31(38-30(44)18-48-20(2)39)33(53-36)32(52-24(6)43)29(51-23(5)42)17-37-34(45)26-10-8-9-11-27(26)49-21(3)40/h8-15,28-29,31-33H,16-18H2,1-7H3,(H,37,45)(H,38,44)/t28-,29+,31+,32+,33+,36+/m0/s1. The van der Waals surface area contributed by atoms with Crippen LogP contribution in [0.15, 0.2) is 53.4 Å². The fourth-order valence-corrected chi connectivity index (χ4v) is 6.70. The summed E-state index contributed by atoms with van der Waals surface area (Å²) in [6.45, 7) is 5.88. The number of carbonyl (C=O) groups excluding carboxylic acids is 8. The number of aryl methyl sites for hydroxylation is 1. The highest BCUT2D eigenvalue weighted by Crippen LogP contribution is 2.46. The Kier molecular flexibility index (Phi) is 15.5. The van der Waals surface area contributed by atoms with Crippen molar-refractivity contribution in [1.29, 1.82) is 0 Å². The molecule has 3 rings (SSSR count). The molecule has 2 amide bonds. The molecule has 18 heteroatoms. The number of ether oxygens (including phenoxy) is 7. The average Bonchev–Trinajstić information content (AvgIpc) is 3.09. The quantitative estimate of drug-likeness (QED) is 0.150. The number of thioether (sulfide) groups is 1. The molecule has 1 aliphatic heterocycles. The Balaban J connectivity index is 2.20. The summed E-state index contributed by atoms with van der Waals surface area (Å²) in [6.07, 6.45) is -6.91. The van der Waals surface area contributed by atoms with E-state index in [4.69, 9.17) is 33.2 Å². The van der Waals surface area contributed by atoms with Crippen molar-refractivity contribution in [2.75, 3.05) is 20.3 Å². The lowest BCUT2D eigenvalue weighted by Gasteiger charge is -2.48. The molecular formula is C36H42N2O15S. The first-order valence-electron chi connectivity index (χ1n) is 16.5. The van der Waals surface area contributed by atoms with Gasteiger partial charge in [0.1, 0.15) is 18.0 Å². The van der Waals surface area contributed by atoms with Crippen LogP contribution in [-0.4, -0.2) is 103 Å². The fourth-order valence-electron chi connectivity index (χ4n) is 5.48. The number of esters is 6. The molecule has 0 saturated carbocycles. The summed E-state index contributed by atoms with van der Waals surface area (Å²) in [5.74, 6) is -6.88. The van der Waals surface area contributed by atoms with Crippen LogP contribution in [0, 0.1) is 6.92 Å². The molecule has 17 nitrogen and oxygen atoms in total. The number of amides is 2. The average molecular weight is 775 g/mol. The maximum atomic E-state index is 13.8. The second kappa shape index (κ2) is 19.5. The number of hydrogen-bond donors (Lipinski definition) is 2. The molecule has 0 aromatic heterocycles. The van der Waals surface area contributed by atoms with Gasteiger partial charge in [-0.25, -0.2) is 4.79 Å². The maximum absolute atomic E-state index is 13.8. The molecule has 2 aromatic rings. The lowest BCUT2D eigenvalue weighted by Crippen LogP contribution is -2.68. The van der Waals surface area contributed by atoms with Gasteiger partial charge in [0.15, 0.2) is 18.8 Å². The highest BCUT2D eigenvalue weighted by Gasteiger charge is 2.59. The number of methoxy groups -OCH3 is 1. The smallest absolute Gasteiger partial charge is 0.349 e. The molecule has 1 fully saturated rings. The van der Waals surface area contributed by atoms with E-state index in [1.165, 1.54) is 24.3 Å². The highest BCUT2D eigenvalue weighted by atomic mass is 32.2. The molecule has 6 atom stereocenters. The Hall–Kier alpha value is -5.49. The molecule has 1 heterocycles. The summed E-state index contributed by atoms with van der Waals surface area (Å²) in [5.41, 5.74) is 0.830. The SMILES string of the molecule is COC(=O)[C@]1(Sc2ccc(C)cc2)C[C@H](OC(C)=O)[C@@H](NC(=O)COC(C)=O)[C@H]([C@H](OC(C)=O)[C@@H](CNC(=O)c2ccccc2OC(C)=O)OC(C)=O)O1. The van der Waals surface area contributed by atoms with Gasteiger partial charge in [-0.2, -0.15) is 0 Å². The summed E-state index contributed by atoms with van der Waals surface area (Å²) in [7, 11) is 1.10. The number of nitrogens with one attached hydrogen (secondary N) is 2. The summed E-state index contributed by atoms with van der Waals surface area (Å²) >= 11 is 0.877. The number of para-hydroxylation sites is 1. The van der Waals surface area contributed by atoms with E-state index in [0.717, 1.165) is 59.1 Å². The van der Waals surface area contributed by atoms with Gasteiger partial charge >= 0.3 is 35.8 Å². The molecule has 2 N–H and O–H groups in total. The summed E-state index contributed by atoms with van der Waals surface area (Å²) in [6, 6.07) is 11.3. The zero-order valence-corrected chi connectivity index (χ0v) is 31.5. The van der Waals surface area contributed by atoms with Crippen LogP contribution in [-0.2, 0) is 62.0 Å². The number of carbonyl (C=O) groups is 8. The van der Waals surface area contributed by atoms with E-state index < -0.39 is 103 Å². The summed E-state index contributed by atoms with van der Waals surface area (Å²) in [5, 5.41) is 5.14. The lowest BCUT2D eigenvalue weighted by atomic mass is 9.89. The second-order valence-electron chi connectivity index (χ2n) is 12.0. The minimum atomic E-state index is -2.06. The van der Waals surface area contributed by atoms with E-state index in [2.05, 4.69) is 10.6 Å². The van der Waals surface area contributed by atoms with Crippen LogP contribution in [0.1, 0.15) is 57.0 Å². The molecule has 1 saturated heterocycles. The Morgan fingerprint density at radius 1 is 0.852 bits per heavy atom. The third kappa shape index (κ3) is 12.3. The zero-order valence-electron chi connectivity index (χ0n) is 30.7. The van der Waals surface area contributed by atoms with Crippen molar-refractivity contribution in [3.8, 4) is 5.75 Å². The van der Waals surface area contributed by atoms with Crippen molar-refractivity contribution in [2.45, 2.75) is 88.2 Å². The van der Waals surface area contributed by atoms with Crippen LogP contribution in [0.2, 0.25) is 0 Å². The van der Waals surface area contributed by atoms with E-state index in [-0.39, 0.29) is 11.3 Å². The third-order valence-electron chi connectivity index (χ3n) is 7.56. The van der Waals surface area contributed by atoms with Gasteiger partial charge in [-0.05, 0) is 31.2 Å².